The van der Waals surface area contributed by atoms with Crippen LogP contribution in [0.2, 0.25) is 0 Å². The first-order chi connectivity index (χ1) is 7.22. The predicted molar refractivity (Wildman–Crippen MR) is 58.0 cm³/mol. The minimum Gasteiger partial charge on any atom is -0.447 e. The zero-order chi connectivity index (χ0) is 10.8. The van der Waals surface area contributed by atoms with E-state index in [4.69, 9.17) is 15.4 Å². The molecule has 3 heteroatoms. The quantitative estimate of drug-likeness (QED) is 0.766. The molecule has 0 saturated heterocycles. The summed E-state index contributed by atoms with van der Waals surface area (Å²) in [4.78, 5) is 0. The maximum absolute atomic E-state index is 8.93. The number of benzene rings is 1. The van der Waals surface area contributed by atoms with Crippen molar-refractivity contribution in [1.82, 2.24) is 0 Å². The molecule has 0 unspecified atom stereocenters. The maximum Gasteiger partial charge on any atom is 0.208 e. The van der Waals surface area contributed by atoms with Crippen molar-refractivity contribution in [1.29, 1.82) is 5.26 Å². The standard InChI is InChI=1S/C12H10N2O/c1-8-3-2-4-9(5-8)11-7-15-12(14)10(11)6-13/h2-5,7H,14H2,1H3. The fourth-order valence-electron chi connectivity index (χ4n) is 1.51. The Hall–Kier alpha value is -2.21. The van der Waals surface area contributed by atoms with Crippen molar-refractivity contribution in [2.45, 2.75) is 6.92 Å². The monoisotopic (exact) mass is 198 g/mol. The second-order valence-corrected chi connectivity index (χ2v) is 3.37. The van der Waals surface area contributed by atoms with E-state index in [2.05, 4.69) is 0 Å². The SMILES string of the molecule is Cc1cccc(-c2coc(N)c2C#N)c1. The summed E-state index contributed by atoms with van der Waals surface area (Å²) in [5, 5.41) is 8.93. The molecule has 2 rings (SSSR count). The van der Waals surface area contributed by atoms with E-state index in [1.165, 1.54) is 6.26 Å². The molecule has 0 radical (unpaired) electrons. The number of hydrogen-bond donors (Lipinski definition) is 1. The Morgan fingerprint density at radius 3 is 2.87 bits per heavy atom. The summed E-state index contributed by atoms with van der Waals surface area (Å²) in [7, 11) is 0. The Bertz CT molecular complexity index is 535. The van der Waals surface area contributed by atoms with Crippen LogP contribution in [0.5, 0.6) is 0 Å². The van der Waals surface area contributed by atoms with Crippen LogP contribution in [0.25, 0.3) is 11.1 Å². The summed E-state index contributed by atoms with van der Waals surface area (Å²) < 4.78 is 5.04. The Morgan fingerprint density at radius 2 is 2.20 bits per heavy atom. The fraction of sp³-hybridized carbons (Fsp3) is 0.0833. The van der Waals surface area contributed by atoms with Gasteiger partial charge in [-0.2, -0.15) is 5.26 Å². The molecule has 0 amide bonds. The molecule has 0 spiro atoms. The highest BCUT2D eigenvalue weighted by Gasteiger charge is 2.12. The Labute approximate surface area is 87.7 Å². The van der Waals surface area contributed by atoms with Crippen molar-refractivity contribution in [3.8, 4) is 17.2 Å². The van der Waals surface area contributed by atoms with Gasteiger partial charge in [-0.25, -0.2) is 0 Å². The van der Waals surface area contributed by atoms with Gasteiger partial charge in [-0.15, -0.1) is 0 Å². The number of nitrogen functional groups attached to an aromatic ring is 1. The second-order valence-electron chi connectivity index (χ2n) is 3.37. The van der Waals surface area contributed by atoms with Crippen LogP contribution in [0.1, 0.15) is 11.1 Å². The van der Waals surface area contributed by atoms with Crippen LogP contribution >= 0.6 is 0 Å². The number of nitrogens with two attached hydrogens (primary N) is 1. The van der Waals surface area contributed by atoms with Crippen molar-refractivity contribution in [2.24, 2.45) is 0 Å². The zero-order valence-electron chi connectivity index (χ0n) is 8.32. The lowest BCUT2D eigenvalue weighted by Gasteiger charge is -1.99. The molecule has 15 heavy (non-hydrogen) atoms. The molecule has 0 aliphatic heterocycles. The molecule has 0 aliphatic rings. The lowest BCUT2D eigenvalue weighted by Crippen LogP contribution is -1.86. The number of aryl methyl sites for hydroxylation is 1. The molecule has 74 valence electrons. The Kier molecular flexibility index (Phi) is 2.18. The zero-order valence-corrected chi connectivity index (χ0v) is 8.32. The van der Waals surface area contributed by atoms with Gasteiger partial charge in [0.25, 0.3) is 0 Å². The third kappa shape index (κ3) is 1.57. The molecule has 3 nitrogen and oxygen atoms in total. The summed E-state index contributed by atoms with van der Waals surface area (Å²) >= 11 is 0. The Balaban J connectivity index is 2.60. The van der Waals surface area contributed by atoms with E-state index in [0.29, 0.717) is 5.56 Å². The van der Waals surface area contributed by atoms with Gasteiger partial charge in [0.05, 0.1) is 0 Å². The third-order valence-electron chi connectivity index (χ3n) is 2.26. The van der Waals surface area contributed by atoms with Crippen molar-refractivity contribution in [2.75, 3.05) is 5.73 Å². The van der Waals surface area contributed by atoms with Crippen LogP contribution in [0.4, 0.5) is 5.88 Å². The van der Waals surface area contributed by atoms with Gasteiger partial charge in [-0.05, 0) is 12.5 Å². The van der Waals surface area contributed by atoms with Crippen molar-refractivity contribution < 1.29 is 4.42 Å². The first kappa shape index (κ1) is 9.35. The molecule has 0 bridgehead atoms. The van der Waals surface area contributed by atoms with E-state index in [-0.39, 0.29) is 5.88 Å². The van der Waals surface area contributed by atoms with Gasteiger partial charge in [0.1, 0.15) is 17.9 Å². The lowest BCUT2D eigenvalue weighted by atomic mass is 10.0. The van der Waals surface area contributed by atoms with Gasteiger partial charge in [-0.3, -0.25) is 0 Å². The van der Waals surface area contributed by atoms with Gasteiger partial charge in [-0.1, -0.05) is 29.8 Å². The first-order valence-electron chi connectivity index (χ1n) is 4.56. The van der Waals surface area contributed by atoms with Crippen LogP contribution in [0.15, 0.2) is 34.9 Å². The van der Waals surface area contributed by atoms with Crippen LogP contribution < -0.4 is 5.73 Å². The highest BCUT2D eigenvalue weighted by atomic mass is 16.3. The smallest absolute Gasteiger partial charge is 0.208 e. The highest BCUT2D eigenvalue weighted by molar-refractivity contribution is 5.74. The van der Waals surface area contributed by atoms with Gasteiger partial charge in [0.15, 0.2) is 0 Å². The molecule has 1 aromatic carbocycles. The van der Waals surface area contributed by atoms with E-state index in [1.54, 1.807) is 0 Å². The van der Waals surface area contributed by atoms with Crippen LogP contribution in [0.3, 0.4) is 0 Å². The van der Waals surface area contributed by atoms with Gasteiger partial charge < -0.3 is 10.2 Å². The Morgan fingerprint density at radius 1 is 1.40 bits per heavy atom. The molecular weight excluding hydrogens is 188 g/mol. The maximum atomic E-state index is 8.93. The molecule has 0 saturated carbocycles. The molecule has 1 heterocycles. The average Bonchev–Trinajstić information content (AvgIpc) is 2.59. The summed E-state index contributed by atoms with van der Waals surface area (Å²) in [5.74, 6) is 0.175. The fourth-order valence-corrected chi connectivity index (χ4v) is 1.51. The minimum absolute atomic E-state index is 0.175. The van der Waals surface area contributed by atoms with E-state index in [1.807, 2.05) is 37.3 Å². The van der Waals surface area contributed by atoms with Crippen molar-refractivity contribution >= 4 is 5.88 Å². The number of nitrogens with zero attached hydrogens (tertiary/aromatic N) is 1. The summed E-state index contributed by atoms with van der Waals surface area (Å²) in [6.45, 7) is 2.00. The van der Waals surface area contributed by atoms with Gasteiger partial charge >= 0.3 is 0 Å². The molecule has 0 atom stereocenters. The molecule has 2 N–H and O–H groups in total. The number of furan rings is 1. The lowest BCUT2D eigenvalue weighted by molar-refractivity contribution is 0.588. The van der Waals surface area contributed by atoms with E-state index >= 15 is 0 Å². The third-order valence-corrected chi connectivity index (χ3v) is 2.26. The summed E-state index contributed by atoms with van der Waals surface area (Å²) in [6, 6.07) is 9.90. The number of rotatable bonds is 1. The molecule has 1 aromatic heterocycles. The van der Waals surface area contributed by atoms with Gasteiger partial charge in [0, 0.05) is 5.56 Å². The summed E-state index contributed by atoms with van der Waals surface area (Å²) in [6.07, 6.45) is 1.52. The first-order valence-corrected chi connectivity index (χ1v) is 4.56. The minimum atomic E-state index is 0.175. The van der Waals surface area contributed by atoms with E-state index in [9.17, 15) is 0 Å². The van der Waals surface area contributed by atoms with Gasteiger partial charge in [0.2, 0.25) is 5.88 Å². The molecule has 0 fully saturated rings. The average molecular weight is 198 g/mol. The highest BCUT2D eigenvalue weighted by Crippen LogP contribution is 2.29. The largest absolute Gasteiger partial charge is 0.447 e. The molecule has 2 aromatic rings. The van der Waals surface area contributed by atoms with Crippen molar-refractivity contribution in [3.63, 3.8) is 0 Å². The number of hydrogen-bond acceptors (Lipinski definition) is 3. The van der Waals surface area contributed by atoms with Crippen LogP contribution in [-0.4, -0.2) is 0 Å². The molecule has 0 aliphatic carbocycles. The second kappa shape index (κ2) is 3.50. The molecular formula is C12H10N2O. The topological polar surface area (TPSA) is 62.9 Å². The van der Waals surface area contributed by atoms with E-state index in [0.717, 1.165) is 16.7 Å². The summed E-state index contributed by atoms with van der Waals surface area (Å²) in [5.41, 5.74) is 8.78. The van der Waals surface area contributed by atoms with Crippen molar-refractivity contribution in [3.05, 3.63) is 41.7 Å². The number of anilines is 1. The normalized spacial score (nSPS) is 9.87. The van der Waals surface area contributed by atoms with Crippen LogP contribution in [0, 0.1) is 18.3 Å². The van der Waals surface area contributed by atoms with Crippen LogP contribution in [-0.2, 0) is 0 Å². The predicted octanol–water partition coefficient (Wildman–Crippen LogP) is 2.71. The van der Waals surface area contributed by atoms with E-state index < -0.39 is 0 Å². The number of nitriles is 1.